The lowest BCUT2D eigenvalue weighted by molar-refractivity contribution is 0.278. The number of aromatic nitrogens is 2. The van der Waals surface area contributed by atoms with E-state index in [4.69, 9.17) is 9.63 Å². The smallest absolute Gasteiger partial charge is 0.226 e. The van der Waals surface area contributed by atoms with Gasteiger partial charge in [-0.15, -0.1) is 11.8 Å². The quantitative estimate of drug-likeness (QED) is 0.813. The Morgan fingerprint density at radius 1 is 1.28 bits per heavy atom. The van der Waals surface area contributed by atoms with Crippen molar-refractivity contribution in [1.29, 1.82) is 0 Å². The Bertz CT molecular complexity index is 482. The molecule has 0 aliphatic rings. The summed E-state index contributed by atoms with van der Waals surface area (Å²) >= 11 is 1.69. The van der Waals surface area contributed by atoms with Crippen LogP contribution < -0.4 is 0 Å². The van der Waals surface area contributed by atoms with E-state index in [0.717, 1.165) is 0 Å². The van der Waals surface area contributed by atoms with E-state index in [1.54, 1.807) is 11.8 Å². The summed E-state index contributed by atoms with van der Waals surface area (Å²) in [6.45, 7) is 2.22. The molecule has 1 aromatic carbocycles. The predicted octanol–water partition coefficient (Wildman–Crippen LogP) is 2.60. The monoisotopic (exact) mass is 264 g/mol. The molecule has 0 radical (unpaired) electrons. The van der Waals surface area contributed by atoms with Crippen LogP contribution in [0.25, 0.3) is 0 Å². The first-order valence-electron chi connectivity index (χ1n) is 5.90. The number of thioether (sulfide) groups is 1. The second-order valence-corrected chi connectivity index (χ2v) is 5.08. The normalized spacial score (nSPS) is 10.8. The first-order valence-corrected chi connectivity index (χ1v) is 6.88. The van der Waals surface area contributed by atoms with Crippen molar-refractivity contribution >= 4 is 11.8 Å². The van der Waals surface area contributed by atoms with Crippen molar-refractivity contribution in [2.45, 2.75) is 30.4 Å². The molecule has 1 heterocycles. The molecule has 5 heteroatoms. The Kier molecular flexibility index (Phi) is 4.78. The molecule has 2 aromatic rings. The van der Waals surface area contributed by atoms with Crippen molar-refractivity contribution in [2.24, 2.45) is 0 Å². The molecule has 1 N–H and O–H groups in total. The van der Waals surface area contributed by atoms with E-state index in [9.17, 15) is 0 Å². The zero-order valence-corrected chi connectivity index (χ0v) is 11.1. The van der Waals surface area contributed by atoms with Gasteiger partial charge in [-0.2, -0.15) is 4.98 Å². The zero-order valence-electron chi connectivity index (χ0n) is 10.3. The molecule has 4 nitrogen and oxygen atoms in total. The standard InChI is InChI=1S/C13H16N2O2S/c1-10-4-6-11(7-5-10)18-9-12-14-13(17-15-12)3-2-8-16/h4-7,16H,2-3,8-9H2,1H3. The van der Waals surface area contributed by atoms with Crippen molar-refractivity contribution in [3.8, 4) is 0 Å². The third-order valence-corrected chi connectivity index (χ3v) is 3.46. The number of hydrogen-bond donors (Lipinski definition) is 1. The van der Waals surface area contributed by atoms with E-state index in [-0.39, 0.29) is 6.61 Å². The lowest BCUT2D eigenvalue weighted by Gasteiger charge is -1.98. The van der Waals surface area contributed by atoms with Crippen molar-refractivity contribution in [3.63, 3.8) is 0 Å². The van der Waals surface area contributed by atoms with Gasteiger partial charge >= 0.3 is 0 Å². The summed E-state index contributed by atoms with van der Waals surface area (Å²) < 4.78 is 5.09. The average molecular weight is 264 g/mol. The Morgan fingerprint density at radius 2 is 2.06 bits per heavy atom. The van der Waals surface area contributed by atoms with Gasteiger partial charge in [0, 0.05) is 17.9 Å². The van der Waals surface area contributed by atoms with Crippen molar-refractivity contribution in [3.05, 3.63) is 41.5 Å². The lowest BCUT2D eigenvalue weighted by Crippen LogP contribution is -1.90. The highest BCUT2D eigenvalue weighted by atomic mass is 32.2. The summed E-state index contributed by atoms with van der Waals surface area (Å²) in [7, 11) is 0. The maximum atomic E-state index is 8.71. The number of aryl methyl sites for hydroxylation is 2. The minimum Gasteiger partial charge on any atom is -0.396 e. The molecule has 0 saturated carbocycles. The fraction of sp³-hybridized carbons (Fsp3) is 0.385. The molecule has 18 heavy (non-hydrogen) atoms. The largest absolute Gasteiger partial charge is 0.396 e. The van der Waals surface area contributed by atoms with Crippen LogP contribution in [0.15, 0.2) is 33.7 Å². The topological polar surface area (TPSA) is 59.2 Å². The highest BCUT2D eigenvalue weighted by molar-refractivity contribution is 7.98. The number of rotatable bonds is 6. The minimum absolute atomic E-state index is 0.149. The molecule has 0 fully saturated rings. The molecular weight excluding hydrogens is 248 g/mol. The van der Waals surface area contributed by atoms with Crippen LogP contribution in [0.2, 0.25) is 0 Å². The first kappa shape index (κ1) is 13.1. The van der Waals surface area contributed by atoms with Gasteiger partial charge in [0.25, 0.3) is 0 Å². The molecule has 0 bridgehead atoms. The van der Waals surface area contributed by atoms with Crippen LogP contribution in [0.3, 0.4) is 0 Å². The molecule has 0 unspecified atom stereocenters. The van der Waals surface area contributed by atoms with Gasteiger partial charge in [0.2, 0.25) is 5.89 Å². The molecule has 0 atom stereocenters. The summed E-state index contributed by atoms with van der Waals surface area (Å²) in [6, 6.07) is 8.36. The number of nitrogens with zero attached hydrogens (tertiary/aromatic N) is 2. The van der Waals surface area contributed by atoms with Gasteiger partial charge in [-0.3, -0.25) is 0 Å². The van der Waals surface area contributed by atoms with Gasteiger partial charge < -0.3 is 9.63 Å². The van der Waals surface area contributed by atoms with E-state index in [1.165, 1.54) is 10.5 Å². The van der Waals surface area contributed by atoms with Gasteiger partial charge in [0.15, 0.2) is 5.82 Å². The maximum Gasteiger partial charge on any atom is 0.226 e. The van der Waals surface area contributed by atoms with Crippen LogP contribution in [-0.4, -0.2) is 21.9 Å². The van der Waals surface area contributed by atoms with Crippen molar-refractivity contribution in [1.82, 2.24) is 10.1 Å². The molecule has 0 spiro atoms. The summed E-state index contributed by atoms with van der Waals surface area (Å²) in [4.78, 5) is 5.47. The van der Waals surface area contributed by atoms with Gasteiger partial charge in [0.1, 0.15) is 0 Å². The molecule has 1 aromatic heterocycles. The van der Waals surface area contributed by atoms with E-state index < -0.39 is 0 Å². The van der Waals surface area contributed by atoms with Crippen LogP contribution in [-0.2, 0) is 12.2 Å². The third-order valence-electron chi connectivity index (χ3n) is 2.45. The summed E-state index contributed by atoms with van der Waals surface area (Å²) in [6.07, 6.45) is 1.30. The van der Waals surface area contributed by atoms with Gasteiger partial charge in [0.05, 0.1) is 5.75 Å². The number of aliphatic hydroxyl groups excluding tert-OH is 1. The second-order valence-electron chi connectivity index (χ2n) is 4.03. The first-order chi connectivity index (χ1) is 8.78. The average Bonchev–Trinajstić information content (AvgIpc) is 2.84. The van der Waals surface area contributed by atoms with Crippen LogP contribution >= 0.6 is 11.8 Å². The molecule has 2 rings (SSSR count). The van der Waals surface area contributed by atoms with Crippen molar-refractivity contribution < 1.29 is 9.63 Å². The molecule has 96 valence electrons. The highest BCUT2D eigenvalue weighted by Gasteiger charge is 2.06. The number of aliphatic hydroxyl groups is 1. The zero-order chi connectivity index (χ0) is 12.8. The Morgan fingerprint density at radius 3 is 2.78 bits per heavy atom. The summed E-state index contributed by atoms with van der Waals surface area (Å²) in [5.41, 5.74) is 1.25. The molecular formula is C13H16N2O2S. The summed E-state index contributed by atoms with van der Waals surface area (Å²) in [5, 5.41) is 12.6. The second kappa shape index (κ2) is 6.56. The Hall–Kier alpha value is -1.33. The van der Waals surface area contributed by atoms with Crippen LogP contribution in [0, 0.1) is 6.92 Å². The SMILES string of the molecule is Cc1ccc(SCc2noc(CCCO)n2)cc1. The number of benzene rings is 1. The maximum absolute atomic E-state index is 8.71. The minimum atomic E-state index is 0.149. The fourth-order valence-electron chi connectivity index (χ4n) is 1.46. The number of hydrogen-bond acceptors (Lipinski definition) is 5. The van der Waals surface area contributed by atoms with Crippen LogP contribution in [0.1, 0.15) is 23.7 Å². The van der Waals surface area contributed by atoms with Crippen molar-refractivity contribution in [2.75, 3.05) is 6.61 Å². The van der Waals surface area contributed by atoms with Gasteiger partial charge in [-0.1, -0.05) is 22.9 Å². The van der Waals surface area contributed by atoms with Crippen LogP contribution in [0.4, 0.5) is 0 Å². The highest BCUT2D eigenvalue weighted by Crippen LogP contribution is 2.21. The van der Waals surface area contributed by atoms with E-state index in [1.807, 2.05) is 0 Å². The Balaban J connectivity index is 1.86. The van der Waals surface area contributed by atoms with Gasteiger partial charge in [-0.25, -0.2) is 0 Å². The molecule has 0 aliphatic heterocycles. The lowest BCUT2D eigenvalue weighted by atomic mass is 10.2. The third kappa shape index (κ3) is 3.85. The van der Waals surface area contributed by atoms with Gasteiger partial charge in [-0.05, 0) is 25.5 Å². The Labute approximate surface area is 110 Å². The summed E-state index contributed by atoms with van der Waals surface area (Å²) in [5.74, 6) is 2.00. The molecule has 0 saturated heterocycles. The predicted molar refractivity (Wildman–Crippen MR) is 70.4 cm³/mol. The van der Waals surface area contributed by atoms with Crippen LogP contribution in [0.5, 0.6) is 0 Å². The van der Waals surface area contributed by atoms with E-state index >= 15 is 0 Å². The molecule has 0 amide bonds. The molecule has 0 aliphatic carbocycles. The van der Waals surface area contributed by atoms with E-state index in [2.05, 4.69) is 41.3 Å². The fourth-order valence-corrected chi connectivity index (χ4v) is 2.20. The van der Waals surface area contributed by atoms with E-state index in [0.29, 0.717) is 30.3 Å².